The first kappa shape index (κ1) is 14.4. The van der Waals surface area contributed by atoms with Gasteiger partial charge in [-0.1, -0.05) is 12.1 Å². The molecule has 2 fully saturated rings. The largest absolute Gasteiger partial charge is 0.573 e. The summed E-state index contributed by atoms with van der Waals surface area (Å²) in [6, 6.07) is 6.27. The van der Waals surface area contributed by atoms with Crippen molar-refractivity contribution in [2.75, 3.05) is 0 Å². The van der Waals surface area contributed by atoms with Gasteiger partial charge in [-0.25, -0.2) is 0 Å². The number of benzene rings is 1. The summed E-state index contributed by atoms with van der Waals surface area (Å²) in [4.78, 5) is 12.3. The van der Waals surface area contributed by atoms with Crippen molar-refractivity contribution in [1.82, 2.24) is 5.32 Å². The van der Waals surface area contributed by atoms with Crippen LogP contribution in [0.3, 0.4) is 0 Å². The molecule has 3 unspecified atom stereocenters. The molecule has 2 aliphatic heterocycles. The number of hydrogen-bond donors (Lipinski definition) is 1. The second-order valence-electron chi connectivity index (χ2n) is 5.72. The number of ether oxygens (including phenoxy) is 1. The molecule has 3 atom stereocenters. The number of hydrogen-bond acceptors (Lipinski definition) is 3. The molecule has 2 bridgehead atoms. The van der Waals surface area contributed by atoms with Crippen LogP contribution >= 0.6 is 0 Å². The average molecular weight is 299 g/mol. The van der Waals surface area contributed by atoms with Crippen molar-refractivity contribution >= 4 is 5.78 Å². The fourth-order valence-corrected chi connectivity index (χ4v) is 3.32. The SMILES string of the molecule is O=C(Cc1ccc(OC(F)(F)F)cc1)C1CC2CCC1N2. The van der Waals surface area contributed by atoms with E-state index in [4.69, 9.17) is 0 Å². The molecule has 1 aromatic carbocycles. The van der Waals surface area contributed by atoms with E-state index in [0.717, 1.165) is 24.8 Å². The third-order valence-electron chi connectivity index (χ3n) is 4.25. The van der Waals surface area contributed by atoms with E-state index >= 15 is 0 Å². The highest BCUT2D eigenvalue weighted by molar-refractivity contribution is 5.84. The van der Waals surface area contributed by atoms with Crippen LogP contribution in [0.5, 0.6) is 5.75 Å². The number of nitrogens with one attached hydrogen (secondary N) is 1. The van der Waals surface area contributed by atoms with Crippen molar-refractivity contribution in [3.8, 4) is 5.75 Å². The van der Waals surface area contributed by atoms with Crippen molar-refractivity contribution in [3.05, 3.63) is 29.8 Å². The van der Waals surface area contributed by atoms with Crippen LogP contribution < -0.4 is 10.1 Å². The standard InChI is InChI=1S/C15H16F3NO2/c16-15(17,18)21-11-4-1-9(2-5-11)7-14(20)12-8-10-3-6-13(12)19-10/h1-2,4-5,10,12-13,19H,3,6-8H2. The molecule has 1 N–H and O–H groups in total. The van der Waals surface area contributed by atoms with Gasteiger partial charge in [0, 0.05) is 24.4 Å². The second kappa shape index (κ2) is 5.33. The molecule has 0 aliphatic carbocycles. The summed E-state index contributed by atoms with van der Waals surface area (Å²) < 4.78 is 40.0. The zero-order chi connectivity index (χ0) is 15.0. The fraction of sp³-hybridized carbons (Fsp3) is 0.533. The van der Waals surface area contributed by atoms with Gasteiger partial charge in [0.2, 0.25) is 0 Å². The van der Waals surface area contributed by atoms with Crippen molar-refractivity contribution in [2.45, 2.75) is 44.1 Å². The highest BCUT2D eigenvalue weighted by atomic mass is 19.4. The molecule has 6 heteroatoms. The Kier molecular flexibility index (Phi) is 3.65. The zero-order valence-electron chi connectivity index (χ0n) is 11.3. The van der Waals surface area contributed by atoms with Crippen LogP contribution in [0.2, 0.25) is 0 Å². The summed E-state index contributed by atoms with van der Waals surface area (Å²) in [5.41, 5.74) is 0.720. The molecule has 2 saturated heterocycles. The maximum atomic E-state index is 12.3. The topological polar surface area (TPSA) is 38.3 Å². The number of carbonyl (C=O) groups is 1. The Morgan fingerprint density at radius 2 is 1.95 bits per heavy atom. The van der Waals surface area contributed by atoms with Crippen LogP contribution in [0.15, 0.2) is 24.3 Å². The Bertz CT molecular complexity index is 527. The highest BCUT2D eigenvalue weighted by Crippen LogP contribution is 2.34. The third kappa shape index (κ3) is 3.37. The third-order valence-corrected chi connectivity index (χ3v) is 4.25. The summed E-state index contributed by atoms with van der Waals surface area (Å²) >= 11 is 0. The number of rotatable bonds is 4. The molecule has 0 amide bonds. The van der Waals surface area contributed by atoms with Gasteiger partial charge in [-0.2, -0.15) is 0 Å². The van der Waals surface area contributed by atoms with Gasteiger partial charge in [0.15, 0.2) is 0 Å². The second-order valence-corrected chi connectivity index (χ2v) is 5.72. The number of ketones is 1. The van der Waals surface area contributed by atoms with Crippen molar-refractivity contribution in [1.29, 1.82) is 0 Å². The molecule has 114 valence electrons. The van der Waals surface area contributed by atoms with Crippen LogP contribution in [0.1, 0.15) is 24.8 Å². The van der Waals surface area contributed by atoms with Crippen molar-refractivity contribution in [2.24, 2.45) is 5.92 Å². The number of carbonyl (C=O) groups excluding carboxylic acids is 1. The summed E-state index contributed by atoms with van der Waals surface area (Å²) in [7, 11) is 0. The summed E-state index contributed by atoms with van der Waals surface area (Å²) in [6.07, 6.45) is -1.36. The van der Waals surface area contributed by atoms with Crippen molar-refractivity contribution in [3.63, 3.8) is 0 Å². The number of halogens is 3. The Labute approximate surface area is 120 Å². The van der Waals surface area contributed by atoms with Gasteiger partial charge in [-0.3, -0.25) is 4.79 Å². The summed E-state index contributed by atoms with van der Waals surface area (Å²) in [5.74, 6) is -0.0469. The Morgan fingerprint density at radius 1 is 1.24 bits per heavy atom. The van der Waals surface area contributed by atoms with Gasteiger partial charge >= 0.3 is 6.36 Å². The fourth-order valence-electron chi connectivity index (χ4n) is 3.32. The molecule has 2 aliphatic rings. The van der Waals surface area contributed by atoms with Crippen LogP contribution in [0.25, 0.3) is 0 Å². The molecule has 3 rings (SSSR count). The number of fused-ring (bicyclic) bond motifs is 2. The Balaban J connectivity index is 1.59. The molecule has 0 spiro atoms. The van der Waals surface area contributed by atoms with Gasteiger partial charge in [0.25, 0.3) is 0 Å². The first-order valence-electron chi connectivity index (χ1n) is 7.04. The first-order chi connectivity index (χ1) is 9.90. The van der Waals surface area contributed by atoms with Gasteiger partial charge < -0.3 is 10.1 Å². The van der Waals surface area contributed by atoms with E-state index in [-0.39, 0.29) is 29.9 Å². The van der Waals surface area contributed by atoms with E-state index in [9.17, 15) is 18.0 Å². The molecule has 21 heavy (non-hydrogen) atoms. The van der Waals surface area contributed by atoms with Crippen LogP contribution in [-0.4, -0.2) is 24.2 Å². The lowest BCUT2D eigenvalue weighted by atomic mass is 9.84. The molecule has 0 aromatic heterocycles. The predicted molar refractivity (Wildman–Crippen MR) is 69.9 cm³/mol. The lowest BCUT2D eigenvalue weighted by molar-refractivity contribution is -0.274. The van der Waals surface area contributed by atoms with Gasteiger partial charge in [-0.05, 0) is 37.0 Å². The van der Waals surface area contributed by atoms with Crippen LogP contribution in [0, 0.1) is 5.92 Å². The normalized spacial score (nSPS) is 27.9. The van der Waals surface area contributed by atoms with E-state index in [1.807, 2.05) is 0 Å². The Hall–Kier alpha value is -1.56. The van der Waals surface area contributed by atoms with E-state index < -0.39 is 6.36 Å². The van der Waals surface area contributed by atoms with Gasteiger partial charge in [0.05, 0.1) is 0 Å². The summed E-state index contributed by atoms with van der Waals surface area (Å²) in [6.45, 7) is 0. The number of Topliss-reactive ketones (excluding diaryl/α,β-unsaturated/α-hetero) is 1. The highest BCUT2D eigenvalue weighted by Gasteiger charge is 2.42. The molecule has 2 heterocycles. The Morgan fingerprint density at radius 3 is 2.48 bits per heavy atom. The van der Waals surface area contributed by atoms with E-state index in [1.54, 1.807) is 0 Å². The smallest absolute Gasteiger partial charge is 0.406 e. The van der Waals surface area contributed by atoms with Crippen molar-refractivity contribution < 1.29 is 22.7 Å². The maximum absolute atomic E-state index is 12.3. The zero-order valence-corrected chi connectivity index (χ0v) is 11.3. The average Bonchev–Trinajstić information content (AvgIpc) is 3.01. The number of alkyl halides is 3. The van der Waals surface area contributed by atoms with Gasteiger partial charge in [-0.15, -0.1) is 13.2 Å². The molecule has 0 saturated carbocycles. The minimum absolute atomic E-state index is 0.0508. The first-order valence-corrected chi connectivity index (χ1v) is 7.04. The molecular formula is C15H16F3NO2. The molecule has 0 radical (unpaired) electrons. The monoisotopic (exact) mass is 299 g/mol. The molecule has 3 nitrogen and oxygen atoms in total. The molecular weight excluding hydrogens is 283 g/mol. The van der Waals surface area contributed by atoms with E-state index in [1.165, 1.54) is 24.3 Å². The lowest BCUT2D eigenvalue weighted by Gasteiger charge is -2.18. The van der Waals surface area contributed by atoms with E-state index in [2.05, 4.69) is 10.1 Å². The van der Waals surface area contributed by atoms with E-state index in [0.29, 0.717) is 6.04 Å². The minimum Gasteiger partial charge on any atom is -0.406 e. The summed E-state index contributed by atoms with van der Waals surface area (Å²) in [5, 5.41) is 3.41. The lowest BCUT2D eigenvalue weighted by Crippen LogP contribution is -2.29. The van der Waals surface area contributed by atoms with Crippen LogP contribution in [0.4, 0.5) is 13.2 Å². The quantitative estimate of drug-likeness (QED) is 0.929. The maximum Gasteiger partial charge on any atom is 0.573 e. The van der Waals surface area contributed by atoms with Gasteiger partial charge in [0.1, 0.15) is 11.5 Å². The molecule has 1 aromatic rings. The van der Waals surface area contributed by atoms with Crippen LogP contribution in [-0.2, 0) is 11.2 Å². The minimum atomic E-state index is -4.69. The predicted octanol–water partition coefficient (Wildman–Crippen LogP) is 2.84.